The molecule has 0 bridgehead atoms. The van der Waals surface area contributed by atoms with Crippen LogP contribution in [-0.4, -0.2) is 33.0 Å². The fourth-order valence-electron chi connectivity index (χ4n) is 2.27. The molecule has 0 aliphatic carbocycles. The normalized spacial score (nSPS) is 11.5. The van der Waals surface area contributed by atoms with Gasteiger partial charge in [0.1, 0.15) is 5.82 Å². The number of carbonyl (C=O) groups excluding carboxylic acids is 2. The number of halogens is 3. The number of hydrogen-bond acceptors (Lipinski definition) is 5. The van der Waals surface area contributed by atoms with E-state index in [0.717, 1.165) is 24.3 Å². The van der Waals surface area contributed by atoms with Gasteiger partial charge >= 0.3 is 12.1 Å². The number of aryl methyl sites for hydroxylation is 1. The van der Waals surface area contributed by atoms with Gasteiger partial charge in [0.2, 0.25) is 0 Å². The molecule has 2 heterocycles. The Labute approximate surface area is 145 Å². The highest BCUT2D eigenvalue weighted by Crippen LogP contribution is 2.29. The molecule has 0 radical (unpaired) electrons. The van der Waals surface area contributed by atoms with Crippen LogP contribution in [0.1, 0.15) is 32.1 Å². The van der Waals surface area contributed by atoms with E-state index in [1.54, 1.807) is 17.4 Å². The van der Waals surface area contributed by atoms with E-state index in [4.69, 9.17) is 4.74 Å². The van der Waals surface area contributed by atoms with Crippen LogP contribution in [0.25, 0.3) is 5.65 Å². The van der Waals surface area contributed by atoms with E-state index < -0.39 is 30.1 Å². The topological polar surface area (TPSA) is 73.6 Å². The Morgan fingerprint density at radius 2 is 1.69 bits per heavy atom. The summed E-state index contributed by atoms with van der Waals surface area (Å²) in [6.45, 7) is 1.13. The van der Waals surface area contributed by atoms with Gasteiger partial charge in [0, 0.05) is 11.8 Å². The molecule has 3 rings (SSSR count). The van der Waals surface area contributed by atoms with Gasteiger partial charge in [0.05, 0.1) is 11.1 Å². The highest BCUT2D eigenvalue weighted by Gasteiger charge is 2.30. The maximum absolute atomic E-state index is 12.5. The monoisotopic (exact) mass is 363 g/mol. The zero-order valence-electron chi connectivity index (χ0n) is 13.4. The van der Waals surface area contributed by atoms with Gasteiger partial charge in [-0.05, 0) is 31.2 Å². The number of benzene rings is 1. The minimum Gasteiger partial charge on any atom is -0.454 e. The fourth-order valence-corrected chi connectivity index (χ4v) is 2.27. The second-order valence-electron chi connectivity index (χ2n) is 5.47. The summed E-state index contributed by atoms with van der Waals surface area (Å²) in [7, 11) is 0. The third-order valence-electron chi connectivity index (χ3n) is 3.68. The molecule has 0 atom stereocenters. The van der Waals surface area contributed by atoms with Gasteiger partial charge < -0.3 is 4.74 Å². The highest BCUT2D eigenvalue weighted by atomic mass is 19.4. The summed E-state index contributed by atoms with van der Waals surface area (Å²) >= 11 is 0. The van der Waals surface area contributed by atoms with Gasteiger partial charge in [0.15, 0.2) is 18.0 Å². The van der Waals surface area contributed by atoms with Crippen LogP contribution in [0.3, 0.4) is 0 Å². The van der Waals surface area contributed by atoms with Crippen LogP contribution in [0.15, 0.2) is 42.6 Å². The summed E-state index contributed by atoms with van der Waals surface area (Å²) in [5.74, 6) is -0.760. The van der Waals surface area contributed by atoms with Crippen molar-refractivity contribution in [2.45, 2.75) is 13.1 Å². The van der Waals surface area contributed by atoms with E-state index in [1.165, 1.54) is 12.3 Å². The third kappa shape index (κ3) is 3.56. The van der Waals surface area contributed by atoms with Crippen LogP contribution < -0.4 is 0 Å². The summed E-state index contributed by atoms with van der Waals surface area (Å²) in [6.07, 6.45) is -3.00. The van der Waals surface area contributed by atoms with Gasteiger partial charge in [0.25, 0.3) is 0 Å². The Bertz CT molecular complexity index is 978. The lowest BCUT2D eigenvalue weighted by molar-refractivity contribution is -0.137. The first-order chi connectivity index (χ1) is 12.3. The summed E-state index contributed by atoms with van der Waals surface area (Å²) in [5.41, 5.74) is -0.0833. The van der Waals surface area contributed by atoms with E-state index in [1.807, 2.05) is 0 Å². The maximum Gasteiger partial charge on any atom is 0.416 e. The quantitative estimate of drug-likeness (QED) is 0.526. The number of hydrogen-bond donors (Lipinski definition) is 0. The molecule has 134 valence electrons. The van der Waals surface area contributed by atoms with Gasteiger partial charge in [-0.25, -0.2) is 4.79 Å². The van der Waals surface area contributed by atoms with Gasteiger partial charge in [-0.15, -0.1) is 10.2 Å². The van der Waals surface area contributed by atoms with E-state index >= 15 is 0 Å². The lowest BCUT2D eigenvalue weighted by Gasteiger charge is -2.08. The third-order valence-corrected chi connectivity index (χ3v) is 3.68. The highest BCUT2D eigenvalue weighted by molar-refractivity contribution is 5.99. The number of carbonyl (C=O) groups is 2. The molecule has 6 nitrogen and oxygen atoms in total. The van der Waals surface area contributed by atoms with Crippen molar-refractivity contribution in [1.29, 1.82) is 0 Å². The second-order valence-corrected chi connectivity index (χ2v) is 5.47. The first-order valence-corrected chi connectivity index (χ1v) is 7.44. The van der Waals surface area contributed by atoms with Gasteiger partial charge in [-0.3, -0.25) is 9.20 Å². The Hall–Kier alpha value is -3.23. The van der Waals surface area contributed by atoms with Crippen molar-refractivity contribution in [2.75, 3.05) is 6.61 Å². The van der Waals surface area contributed by atoms with Crippen molar-refractivity contribution in [1.82, 2.24) is 14.6 Å². The number of Topliss-reactive ketones (excluding diaryl/α,β-unsaturated/α-hetero) is 1. The summed E-state index contributed by atoms with van der Waals surface area (Å²) in [4.78, 5) is 24.0. The van der Waals surface area contributed by atoms with Gasteiger partial charge in [-0.1, -0.05) is 12.1 Å². The summed E-state index contributed by atoms with van der Waals surface area (Å²) in [5, 5.41) is 7.74. The zero-order chi connectivity index (χ0) is 18.9. The predicted molar refractivity (Wildman–Crippen MR) is 83.8 cm³/mol. The summed E-state index contributed by atoms with van der Waals surface area (Å²) in [6, 6.07) is 6.76. The average Bonchev–Trinajstić information content (AvgIpc) is 2.99. The smallest absolute Gasteiger partial charge is 0.416 e. The maximum atomic E-state index is 12.5. The minimum atomic E-state index is -4.48. The van der Waals surface area contributed by atoms with E-state index in [-0.39, 0.29) is 11.1 Å². The van der Waals surface area contributed by atoms with Crippen molar-refractivity contribution in [3.8, 4) is 0 Å². The molecule has 3 aromatic rings. The number of alkyl halides is 3. The number of pyridine rings is 1. The van der Waals surface area contributed by atoms with E-state index in [2.05, 4.69) is 10.2 Å². The van der Waals surface area contributed by atoms with Crippen molar-refractivity contribution in [3.63, 3.8) is 0 Å². The minimum absolute atomic E-state index is 0.0240. The molecular formula is C17H12F3N3O3. The SMILES string of the molecule is Cc1nnc2ccc(C(=O)OCC(=O)c3ccc(C(F)(F)F)cc3)cn12. The van der Waals surface area contributed by atoms with Crippen LogP contribution >= 0.6 is 0 Å². The van der Waals surface area contributed by atoms with Crippen molar-refractivity contribution in [2.24, 2.45) is 0 Å². The number of rotatable bonds is 4. The molecule has 0 saturated heterocycles. The second kappa shape index (κ2) is 6.58. The number of ketones is 1. The van der Waals surface area contributed by atoms with Crippen LogP contribution in [0.4, 0.5) is 13.2 Å². The van der Waals surface area contributed by atoms with E-state index in [9.17, 15) is 22.8 Å². The lowest BCUT2D eigenvalue weighted by Crippen LogP contribution is -2.15. The molecule has 2 aromatic heterocycles. The number of fused-ring (bicyclic) bond motifs is 1. The van der Waals surface area contributed by atoms with Crippen LogP contribution in [0.2, 0.25) is 0 Å². The average molecular weight is 363 g/mol. The fraction of sp³-hybridized carbons (Fsp3) is 0.176. The van der Waals surface area contributed by atoms with Gasteiger partial charge in [-0.2, -0.15) is 13.2 Å². The molecule has 0 aliphatic heterocycles. The number of ether oxygens (including phenoxy) is 1. The molecule has 26 heavy (non-hydrogen) atoms. The van der Waals surface area contributed by atoms with Crippen molar-refractivity contribution in [3.05, 3.63) is 65.1 Å². The molecule has 0 fully saturated rings. The summed E-state index contributed by atoms with van der Waals surface area (Å²) < 4.78 is 44.1. The lowest BCUT2D eigenvalue weighted by atomic mass is 10.1. The first-order valence-electron chi connectivity index (χ1n) is 7.44. The van der Waals surface area contributed by atoms with Crippen LogP contribution in [0.5, 0.6) is 0 Å². The Morgan fingerprint density at radius 1 is 1.04 bits per heavy atom. The Balaban J connectivity index is 1.66. The van der Waals surface area contributed by atoms with E-state index in [0.29, 0.717) is 11.5 Å². The molecule has 0 spiro atoms. The Kier molecular flexibility index (Phi) is 4.45. The van der Waals surface area contributed by atoms with Crippen LogP contribution in [-0.2, 0) is 10.9 Å². The predicted octanol–water partition coefficient (Wildman–Crippen LogP) is 3.10. The molecule has 0 aliphatic rings. The number of nitrogens with zero attached hydrogens (tertiary/aromatic N) is 3. The molecule has 1 aromatic carbocycles. The molecule has 9 heteroatoms. The number of esters is 1. The van der Waals surface area contributed by atoms with Crippen molar-refractivity contribution >= 4 is 17.4 Å². The van der Waals surface area contributed by atoms with Crippen LogP contribution in [0, 0.1) is 6.92 Å². The zero-order valence-corrected chi connectivity index (χ0v) is 13.4. The van der Waals surface area contributed by atoms with Crippen molar-refractivity contribution < 1.29 is 27.5 Å². The standard InChI is InChI=1S/C17H12F3N3O3/c1-10-21-22-15-7-4-12(8-23(10)15)16(25)26-9-14(24)11-2-5-13(6-3-11)17(18,19)20/h2-8H,9H2,1H3. The Morgan fingerprint density at radius 3 is 2.35 bits per heavy atom. The molecule has 0 N–H and O–H groups in total. The number of aromatic nitrogens is 3. The first kappa shape index (κ1) is 17.6. The molecule has 0 unspecified atom stereocenters. The largest absolute Gasteiger partial charge is 0.454 e. The molecule has 0 saturated carbocycles. The molecular weight excluding hydrogens is 351 g/mol. The molecule has 0 amide bonds.